The van der Waals surface area contributed by atoms with Gasteiger partial charge in [-0.1, -0.05) is 13.8 Å². The Morgan fingerprint density at radius 1 is 1.57 bits per heavy atom. The topological polar surface area (TPSA) is 71.2 Å². The summed E-state index contributed by atoms with van der Waals surface area (Å²) in [6, 6.07) is 0.0497. The monoisotopic (exact) mass is 354 g/mol. The van der Waals surface area contributed by atoms with Crippen LogP contribution in [0.1, 0.15) is 27.2 Å². The summed E-state index contributed by atoms with van der Waals surface area (Å²) in [5.41, 5.74) is 6.17. The second-order valence-electron chi connectivity index (χ2n) is 5.86. The number of nitrogens with one attached hydrogen (secondary N) is 1. The summed E-state index contributed by atoms with van der Waals surface area (Å²) < 4.78 is 0. The van der Waals surface area contributed by atoms with E-state index in [4.69, 9.17) is 5.73 Å². The average molecular weight is 355 g/mol. The maximum Gasteiger partial charge on any atom is 0.243 e. The van der Waals surface area contributed by atoms with E-state index in [9.17, 15) is 4.79 Å². The molecular formula is C13H24Cl2N4OS. The molecule has 8 heteroatoms. The van der Waals surface area contributed by atoms with Crippen LogP contribution in [0.4, 0.5) is 5.13 Å². The van der Waals surface area contributed by atoms with Gasteiger partial charge in [0.25, 0.3) is 0 Å². The van der Waals surface area contributed by atoms with Crippen LogP contribution in [0.25, 0.3) is 0 Å². The fourth-order valence-electron chi connectivity index (χ4n) is 2.41. The van der Waals surface area contributed by atoms with Crippen LogP contribution in [0.3, 0.4) is 0 Å². The summed E-state index contributed by atoms with van der Waals surface area (Å²) in [7, 11) is 0. The number of carbonyl (C=O) groups is 1. The van der Waals surface area contributed by atoms with Crippen LogP contribution >= 0.6 is 36.2 Å². The number of hydrogen-bond acceptors (Lipinski definition) is 5. The maximum atomic E-state index is 12.2. The third-order valence-corrected chi connectivity index (χ3v) is 4.62. The van der Waals surface area contributed by atoms with Crippen molar-refractivity contribution < 1.29 is 4.79 Å². The van der Waals surface area contributed by atoms with Crippen LogP contribution in [0.15, 0.2) is 11.6 Å². The minimum Gasteiger partial charge on any atom is -0.327 e. The highest BCUT2D eigenvalue weighted by atomic mass is 35.5. The molecular weight excluding hydrogens is 331 g/mol. The number of anilines is 1. The third-order valence-electron chi connectivity index (χ3n) is 3.93. The molecule has 0 radical (unpaired) electrons. The van der Waals surface area contributed by atoms with E-state index in [2.05, 4.69) is 29.0 Å². The Morgan fingerprint density at radius 2 is 2.24 bits per heavy atom. The minimum atomic E-state index is -0.157. The van der Waals surface area contributed by atoms with E-state index in [1.54, 1.807) is 6.20 Å². The van der Waals surface area contributed by atoms with Gasteiger partial charge in [0.2, 0.25) is 5.91 Å². The van der Waals surface area contributed by atoms with Crippen LogP contribution in [-0.2, 0) is 4.79 Å². The number of halogens is 2. The molecule has 0 aromatic carbocycles. The van der Waals surface area contributed by atoms with Gasteiger partial charge < -0.3 is 11.1 Å². The highest BCUT2D eigenvalue weighted by Gasteiger charge is 2.36. The highest BCUT2D eigenvalue weighted by molar-refractivity contribution is 7.13. The third kappa shape index (κ3) is 5.07. The first-order valence-corrected chi connectivity index (χ1v) is 7.48. The lowest BCUT2D eigenvalue weighted by Gasteiger charge is -2.44. The molecule has 1 saturated heterocycles. The zero-order valence-corrected chi connectivity index (χ0v) is 15.0. The van der Waals surface area contributed by atoms with Gasteiger partial charge in [0.05, 0.1) is 6.04 Å². The van der Waals surface area contributed by atoms with Crippen molar-refractivity contribution >= 4 is 47.2 Å². The summed E-state index contributed by atoms with van der Waals surface area (Å²) in [5, 5.41) is 5.36. The van der Waals surface area contributed by atoms with Gasteiger partial charge in [-0.3, -0.25) is 9.69 Å². The summed E-state index contributed by atoms with van der Waals surface area (Å²) in [4.78, 5) is 18.5. The van der Waals surface area contributed by atoms with Gasteiger partial charge in [0, 0.05) is 30.7 Å². The predicted octanol–water partition coefficient (Wildman–Crippen LogP) is 2.37. The molecule has 2 rings (SSSR count). The normalized spacial score (nSPS) is 22.6. The molecule has 5 nitrogen and oxygen atoms in total. The molecule has 1 aromatic heterocycles. The van der Waals surface area contributed by atoms with E-state index in [-0.39, 0.29) is 48.2 Å². The van der Waals surface area contributed by atoms with Gasteiger partial charge in [0.15, 0.2) is 5.13 Å². The van der Waals surface area contributed by atoms with Gasteiger partial charge in [-0.05, 0) is 18.8 Å². The Hall–Kier alpha value is -0.400. The number of thiazole rings is 1. The van der Waals surface area contributed by atoms with E-state index in [0.29, 0.717) is 5.13 Å². The fraction of sp³-hybridized carbons (Fsp3) is 0.692. The molecule has 1 aromatic rings. The number of likely N-dealkylation sites (tertiary alicyclic amines) is 1. The van der Waals surface area contributed by atoms with Crippen molar-refractivity contribution in [2.24, 2.45) is 11.1 Å². The van der Waals surface area contributed by atoms with Crippen molar-refractivity contribution in [3.63, 3.8) is 0 Å². The SMILES string of the molecule is CC(C(=O)Nc1nccs1)N1CCC(N)C(C)(C)C1.Cl.Cl. The van der Waals surface area contributed by atoms with E-state index in [0.717, 1.165) is 19.5 Å². The predicted molar refractivity (Wildman–Crippen MR) is 92.6 cm³/mol. The lowest BCUT2D eigenvalue weighted by molar-refractivity contribution is -0.122. The number of amides is 1. The highest BCUT2D eigenvalue weighted by Crippen LogP contribution is 2.29. The number of aromatic nitrogens is 1. The molecule has 0 bridgehead atoms. The average Bonchev–Trinajstić information content (AvgIpc) is 2.84. The molecule has 0 saturated carbocycles. The van der Waals surface area contributed by atoms with Crippen molar-refractivity contribution in [2.75, 3.05) is 18.4 Å². The smallest absolute Gasteiger partial charge is 0.243 e. The van der Waals surface area contributed by atoms with Crippen molar-refractivity contribution in [3.8, 4) is 0 Å². The summed E-state index contributed by atoms with van der Waals surface area (Å²) in [6.45, 7) is 7.98. The Bertz CT molecular complexity index is 441. The second-order valence-corrected chi connectivity index (χ2v) is 6.75. The molecule has 122 valence electrons. The van der Waals surface area contributed by atoms with Crippen LogP contribution in [0.5, 0.6) is 0 Å². The number of nitrogens with two attached hydrogens (primary N) is 1. The molecule has 2 atom stereocenters. The quantitative estimate of drug-likeness (QED) is 0.873. The van der Waals surface area contributed by atoms with Gasteiger partial charge in [-0.25, -0.2) is 4.98 Å². The van der Waals surface area contributed by atoms with Gasteiger partial charge in [0.1, 0.15) is 0 Å². The van der Waals surface area contributed by atoms with Gasteiger partial charge in [-0.2, -0.15) is 0 Å². The van der Waals surface area contributed by atoms with E-state index in [1.807, 2.05) is 12.3 Å². The number of nitrogens with zero attached hydrogens (tertiary/aromatic N) is 2. The van der Waals surface area contributed by atoms with Crippen LogP contribution in [0.2, 0.25) is 0 Å². The van der Waals surface area contributed by atoms with E-state index in [1.165, 1.54) is 11.3 Å². The standard InChI is InChI=1S/C13H22N4OS.2ClH/c1-9(11(18)16-12-15-5-7-19-12)17-6-4-10(14)13(2,3)8-17;;/h5,7,9-10H,4,6,8,14H2,1-3H3,(H,15,16,18);2*1H. The minimum absolute atomic E-state index is 0. The lowest BCUT2D eigenvalue weighted by atomic mass is 9.79. The molecule has 0 spiro atoms. The number of carbonyl (C=O) groups excluding carboxylic acids is 1. The fourth-order valence-corrected chi connectivity index (χ4v) is 2.94. The molecule has 3 N–H and O–H groups in total. The Morgan fingerprint density at radius 3 is 2.76 bits per heavy atom. The van der Waals surface area contributed by atoms with E-state index >= 15 is 0 Å². The lowest BCUT2D eigenvalue weighted by Crippen LogP contribution is -2.56. The van der Waals surface area contributed by atoms with Crippen molar-refractivity contribution in [1.82, 2.24) is 9.88 Å². The van der Waals surface area contributed by atoms with Gasteiger partial charge in [-0.15, -0.1) is 36.2 Å². The zero-order valence-electron chi connectivity index (χ0n) is 12.5. The second kappa shape index (κ2) is 8.29. The molecule has 1 aliphatic rings. The molecule has 2 unspecified atom stereocenters. The van der Waals surface area contributed by atoms with Crippen molar-refractivity contribution in [3.05, 3.63) is 11.6 Å². The Kier molecular flexibility index (Phi) is 8.13. The Balaban J connectivity index is 0.00000200. The largest absolute Gasteiger partial charge is 0.327 e. The van der Waals surface area contributed by atoms with Crippen molar-refractivity contribution in [2.45, 2.75) is 39.3 Å². The summed E-state index contributed by atoms with van der Waals surface area (Å²) in [5.74, 6) is 0.00113. The van der Waals surface area contributed by atoms with Crippen LogP contribution < -0.4 is 11.1 Å². The number of rotatable bonds is 3. The van der Waals surface area contributed by atoms with Crippen molar-refractivity contribution in [1.29, 1.82) is 0 Å². The molecule has 2 heterocycles. The maximum absolute atomic E-state index is 12.2. The number of hydrogen-bond donors (Lipinski definition) is 2. The molecule has 21 heavy (non-hydrogen) atoms. The first-order valence-electron chi connectivity index (χ1n) is 6.60. The zero-order chi connectivity index (χ0) is 14.0. The van der Waals surface area contributed by atoms with Gasteiger partial charge >= 0.3 is 0 Å². The first-order chi connectivity index (χ1) is 8.90. The van der Waals surface area contributed by atoms with Crippen LogP contribution in [-0.4, -0.2) is 41.0 Å². The summed E-state index contributed by atoms with van der Waals surface area (Å²) in [6.07, 6.45) is 2.62. The Labute approximate surface area is 142 Å². The molecule has 0 aliphatic carbocycles. The van der Waals surface area contributed by atoms with E-state index < -0.39 is 0 Å². The first kappa shape index (κ1) is 20.6. The molecule has 1 aliphatic heterocycles. The van der Waals surface area contributed by atoms with Crippen LogP contribution in [0, 0.1) is 5.41 Å². The molecule has 1 amide bonds. The number of piperidine rings is 1. The molecule has 1 fully saturated rings. The summed E-state index contributed by atoms with van der Waals surface area (Å²) >= 11 is 1.43.